The summed E-state index contributed by atoms with van der Waals surface area (Å²) in [6.45, 7) is 2.26. The van der Waals surface area contributed by atoms with Crippen molar-refractivity contribution >= 4 is 23.1 Å². The topological polar surface area (TPSA) is 102 Å². The SMILES string of the molecule is CCNc1nc(Nc2ccc(F)c([N+](=O)[O-])c2)cc(-c2cccc(OC(F)(F)F)c2)n1. The highest BCUT2D eigenvalue weighted by molar-refractivity contribution is 5.69. The summed E-state index contributed by atoms with van der Waals surface area (Å²) in [4.78, 5) is 18.6. The Labute approximate surface area is 173 Å². The van der Waals surface area contributed by atoms with Gasteiger partial charge in [0.1, 0.15) is 11.6 Å². The summed E-state index contributed by atoms with van der Waals surface area (Å²) in [6, 6.07) is 9.89. The molecule has 1 heterocycles. The molecule has 0 saturated carbocycles. The van der Waals surface area contributed by atoms with Crippen molar-refractivity contribution in [3.63, 3.8) is 0 Å². The molecule has 3 aromatic rings. The largest absolute Gasteiger partial charge is 0.573 e. The summed E-state index contributed by atoms with van der Waals surface area (Å²) in [5, 5.41) is 16.7. The van der Waals surface area contributed by atoms with Gasteiger partial charge >= 0.3 is 12.0 Å². The Morgan fingerprint density at radius 2 is 1.90 bits per heavy atom. The molecule has 0 aliphatic carbocycles. The van der Waals surface area contributed by atoms with Crippen LogP contribution in [-0.2, 0) is 0 Å². The summed E-state index contributed by atoms with van der Waals surface area (Å²) >= 11 is 0. The normalized spacial score (nSPS) is 11.1. The molecule has 0 aliphatic rings. The lowest BCUT2D eigenvalue weighted by molar-refractivity contribution is -0.387. The number of nitro groups is 1. The number of hydrogen-bond donors (Lipinski definition) is 2. The maximum Gasteiger partial charge on any atom is 0.573 e. The van der Waals surface area contributed by atoms with Crippen molar-refractivity contribution in [2.24, 2.45) is 0 Å². The van der Waals surface area contributed by atoms with Crippen molar-refractivity contribution in [1.29, 1.82) is 0 Å². The van der Waals surface area contributed by atoms with Gasteiger partial charge in [0.15, 0.2) is 0 Å². The number of rotatable bonds is 7. The molecule has 0 saturated heterocycles. The van der Waals surface area contributed by atoms with E-state index in [4.69, 9.17) is 0 Å². The van der Waals surface area contributed by atoms with Crippen LogP contribution in [0.1, 0.15) is 6.92 Å². The highest BCUT2D eigenvalue weighted by Gasteiger charge is 2.31. The summed E-state index contributed by atoms with van der Waals surface area (Å²) in [5.74, 6) is -1.06. The fourth-order valence-corrected chi connectivity index (χ4v) is 2.63. The summed E-state index contributed by atoms with van der Waals surface area (Å²) in [7, 11) is 0. The molecule has 0 aliphatic heterocycles. The highest BCUT2D eigenvalue weighted by Crippen LogP contribution is 2.30. The van der Waals surface area contributed by atoms with E-state index in [0.717, 1.165) is 24.3 Å². The van der Waals surface area contributed by atoms with E-state index in [1.165, 1.54) is 24.3 Å². The molecule has 0 fully saturated rings. The lowest BCUT2D eigenvalue weighted by Crippen LogP contribution is -2.17. The first-order valence-corrected chi connectivity index (χ1v) is 8.84. The molecule has 0 atom stereocenters. The van der Waals surface area contributed by atoms with E-state index in [2.05, 4.69) is 25.3 Å². The van der Waals surface area contributed by atoms with Gasteiger partial charge in [0.25, 0.3) is 0 Å². The smallest absolute Gasteiger partial charge is 0.406 e. The molecule has 162 valence electrons. The van der Waals surface area contributed by atoms with Gasteiger partial charge in [-0.25, -0.2) is 4.98 Å². The average Bonchev–Trinajstić information content (AvgIpc) is 2.68. The average molecular weight is 437 g/mol. The van der Waals surface area contributed by atoms with Crippen molar-refractivity contribution < 1.29 is 27.2 Å². The molecule has 31 heavy (non-hydrogen) atoms. The second-order valence-electron chi connectivity index (χ2n) is 6.12. The van der Waals surface area contributed by atoms with Gasteiger partial charge in [0.2, 0.25) is 11.8 Å². The Bertz CT molecular complexity index is 1110. The number of ether oxygens (including phenoxy) is 1. The number of nitrogens with zero attached hydrogens (tertiary/aromatic N) is 3. The van der Waals surface area contributed by atoms with Gasteiger partial charge < -0.3 is 15.4 Å². The minimum atomic E-state index is -4.84. The second kappa shape index (κ2) is 8.81. The number of halogens is 4. The van der Waals surface area contributed by atoms with Crippen LogP contribution in [0.3, 0.4) is 0 Å². The van der Waals surface area contributed by atoms with Crippen LogP contribution in [0.4, 0.5) is 40.7 Å². The Balaban J connectivity index is 1.98. The number of anilines is 3. The van der Waals surface area contributed by atoms with Crippen LogP contribution in [0, 0.1) is 15.9 Å². The molecular weight excluding hydrogens is 422 g/mol. The van der Waals surface area contributed by atoms with E-state index in [1.807, 2.05) is 0 Å². The summed E-state index contributed by atoms with van der Waals surface area (Å²) < 4.78 is 55.1. The number of benzene rings is 2. The van der Waals surface area contributed by atoms with E-state index in [1.54, 1.807) is 6.92 Å². The van der Waals surface area contributed by atoms with E-state index in [0.29, 0.717) is 12.1 Å². The molecular formula is C19H15F4N5O3. The second-order valence-corrected chi connectivity index (χ2v) is 6.12. The molecule has 3 rings (SSSR count). The van der Waals surface area contributed by atoms with Crippen molar-refractivity contribution in [3.05, 3.63) is 64.5 Å². The number of nitrogens with one attached hydrogen (secondary N) is 2. The molecule has 12 heteroatoms. The van der Waals surface area contributed by atoms with Crippen LogP contribution in [0.5, 0.6) is 5.75 Å². The quantitative estimate of drug-likeness (QED) is 0.295. The molecule has 2 aromatic carbocycles. The van der Waals surface area contributed by atoms with Crippen LogP contribution in [-0.4, -0.2) is 27.8 Å². The minimum absolute atomic E-state index is 0.168. The van der Waals surface area contributed by atoms with Gasteiger partial charge in [-0.15, -0.1) is 13.2 Å². The van der Waals surface area contributed by atoms with E-state index < -0.39 is 28.5 Å². The first kappa shape index (κ1) is 21.7. The zero-order valence-electron chi connectivity index (χ0n) is 15.9. The van der Waals surface area contributed by atoms with Crippen LogP contribution < -0.4 is 15.4 Å². The third kappa shape index (κ3) is 5.78. The molecule has 0 unspecified atom stereocenters. The summed E-state index contributed by atoms with van der Waals surface area (Å²) in [5.41, 5.74) is 0.0478. The predicted octanol–water partition coefficient (Wildman–Crippen LogP) is 5.26. The van der Waals surface area contributed by atoms with E-state index in [9.17, 15) is 27.7 Å². The third-order valence-corrected chi connectivity index (χ3v) is 3.84. The van der Waals surface area contributed by atoms with Gasteiger partial charge in [0.05, 0.1) is 10.6 Å². The first-order valence-electron chi connectivity index (χ1n) is 8.84. The number of hydrogen-bond acceptors (Lipinski definition) is 7. The van der Waals surface area contributed by atoms with Crippen LogP contribution in [0.2, 0.25) is 0 Å². The van der Waals surface area contributed by atoms with Crippen LogP contribution >= 0.6 is 0 Å². The number of aromatic nitrogens is 2. The molecule has 0 amide bonds. The van der Waals surface area contributed by atoms with Gasteiger partial charge in [0, 0.05) is 29.9 Å². The molecule has 0 radical (unpaired) electrons. The van der Waals surface area contributed by atoms with Gasteiger partial charge in [-0.2, -0.15) is 9.37 Å². The van der Waals surface area contributed by atoms with Crippen LogP contribution in [0.15, 0.2) is 48.5 Å². The van der Waals surface area contributed by atoms with Crippen molar-refractivity contribution in [1.82, 2.24) is 9.97 Å². The molecule has 0 bridgehead atoms. The first-order chi connectivity index (χ1) is 14.6. The zero-order valence-corrected chi connectivity index (χ0v) is 15.9. The Morgan fingerprint density at radius 1 is 1.13 bits per heavy atom. The van der Waals surface area contributed by atoms with E-state index >= 15 is 0 Å². The standard InChI is InChI=1S/C19H15F4N5O3/c1-2-24-18-26-15(11-4-3-5-13(8-11)31-19(21,22)23)10-17(27-18)25-12-6-7-14(20)16(9-12)28(29)30/h3-10H,2H2,1H3,(H2,24,25,26,27). The molecule has 1 aromatic heterocycles. The molecule has 2 N–H and O–H groups in total. The Hall–Kier alpha value is -3.96. The van der Waals surface area contributed by atoms with Crippen molar-refractivity contribution in [2.75, 3.05) is 17.2 Å². The van der Waals surface area contributed by atoms with Gasteiger partial charge in [-0.05, 0) is 31.2 Å². The van der Waals surface area contributed by atoms with E-state index in [-0.39, 0.29) is 23.1 Å². The molecule has 8 nitrogen and oxygen atoms in total. The lowest BCUT2D eigenvalue weighted by atomic mass is 10.1. The predicted molar refractivity (Wildman–Crippen MR) is 105 cm³/mol. The number of alkyl halides is 3. The number of nitro benzene ring substituents is 1. The van der Waals surface area contributed by atoms with Crippen LogP contribution in [0.25, 0.3) is 11.3 Å². The van der Waals surface area contributed by atoms with Crippen molar-refractivity contribution in [3.8, 4) is 17.0 Å². The maximum absolute atomic E-state index is 13.6. The molecule has 0 spiro atoms. The fraction of sp³-hybridized carbons (Fsp3) is 0.158. The zero-order chi connectivity index (χ0) is 22.6. The fourth-order valence-electron chi connectivity index (χ4n) is 2.63. The minimum Gasteiger partial charge on any atom is -0.406 e. The third-order valence-electron chi connectivity index (χ3n) is 3.84. The van der Waals surface area contributed by atoms with Crippen molar-refractivity contribution in [2.45, 2.75) is 13.3 Å². The lowest BCUT2D eigenvalue weighted by Gasteiger charge is -2.12. The Kier molecular flexibility index (Phi) is 6.18. The highest BCUT2D eigenvalue weighted by atomic mass is 19.4. The Morgan fingerprint density at radius 3 is 2.58 bits per heavy atom. The monoisotopic (exact) mass is 437 g/mol. The van der Waals surface area contributed by atoms with Gasteiger partial charge in [-0.3, -0.25) is 10.1 Å². The van der Waals surface area contributed by atoms with Gasteiger partial charge in [-0.1, -0.05) is 12.1 Å². The summed E-state index contributed by atoms with van der Waals surface area (Å²) in [6.07, 6.45) is -4.84. The maximum atomic E-state index is 13.6.